The van der Waals surface area contributed by atoms with Crippen LogP contribution < -0.4 is 0 Å². The second-order valence-corrected chi connectivity index (χ2v) is 4.34. The fraction of sp³-hybridized carbons (Fsp3) is 0.400. The molecule has 0 aromatic heterocycles. The SMILES string of the molecule is Oc1ccc(Br)c(C(O)C2CC2)c1. The summed E-state index contributed by atoms with van der Waals surface area (Å²) in [6, 6.07) is 4.98. The Hall–Kier alpha value is -0.540. The molecule has 13 heavy (non-hydrogen) atoms. The van der Waals surface area contributed by atoms with Gasteiger partial charge >= 0.3 is 0 Å². The van der Waals surface area contributed by atoms with Crippen LogP contribution in [0.1, 0.15) is 24.5 Å². The summed E-state index contributed by atoms with van der Waals surface area (Å²) in [4.78, 5) is 0. The Morgan fingerprint density at radius 3 is 2.69 bits per heavy atom. The molecule has 2 nitrogen and oxygen atoms in total. The van der Waals surface area contributed by atoms with Gasteiger partial charge in [0.05, 0.1) is 6.10 Å². The third-order valence-electron chi connectivity index (χ3n) is 2.37. The number of hydrogen-bond donors (Lipinski definition) is 2. The molecule has 1 aromatic rings. The molecule has 0 heterocycles. The highest BCUT2D eigenvalue weighted by Crippen LogP contribution is 2.43. The topological polar surface area (TPSA) is 40.5 Å². The van der Waals surface area contributed by atoms with E-state index in [2.05, 4.69) is 15.9 Å². The van der Waals surface area contributed by atoms with Crippen molar-refractivity contribution in [2.45, 2.75) is 18.9 Å². The van der Waals surface area contributed by atoms with Gasteiger partial charge in [0.2, 0.25) is 0 Å². The molecule has 1 aliphatic carbocycles. The van der Waals surface area contributed by atoms with E-state index in [4.69, 9.17) is 0 Å². The van der Waals surface area contributed by atoms with Crippen LogP contribution >= 0.6 is 15.9 Å². The van der Waals surface area contributed by atoms with E-state index in [1.165, 1.54) is 0 Å². The van der Waals surface area contributed by atoms with Gasteiger partial charge in [-0.3, -0.25) is 0 Å². The minimum Gasteiger partial charge on any atom is -0.508 e. The average Bonchev–Trinajstić information content (AvgIpc) is 2.91. The summed E-state index contributed by atoms with van der Waals surface area (Å²) in [5, 5.41) is 19.1. The van der Waals surface area contributed by atoms with Crippen LogP contribution in [0, 0.1) is 5.92 Å². The van der Waals surface area contributed by atoms with E-state index in [1.807, 2.05) is 0 Å². The number of benzene rings is 1. The van der Waals surface area contributed by atoms with Gasteiger partial charge in [-0.15, -0.1) is 0 Å². The van der Waals surface area contributed by atoms with Crippen LogP contribution in [0.4, 0.5) is 0 Å². The first-order valence-corrected chi connectivity index (χ1v) is 5.14. The molecule has 0 amide bonds. The van der Waals surface area contributed by atoms with E-state index in [-0.39, 0.29) is 5.75 Å². The van der Waals surface area contributed by atoms with E-state index in [0.717, 1.165) is 22.9 Å². The molecular weight excluding hydrogens is 232 g/mol. The predicted octanol–water partition coefficient (Wildman–Crippen LogP) is 2.60. The van der Waals surface area contributed by atoms with Crippen LogP contribution in [-0.4, -0.2) is 10.2 Å². The fourth-order valence-corrected chi connectivity index (χ4v) is 1.90. The molecular formula is C10H11BrO2. The van der Waals surface area contributed by atoms with Crippen LogP contribution in [0.25, 0.3) is 0 Å². The summed E-state index contributed by atoms with van der Waals surface area (Å²) >= 11 is 3.36. The van der Waals surface area contributed by atoms with Crippen LogP contribution in [0.2, 0.25) is 0 Å². The number of phenolic OH excluding ortho intramolecular Hbond substituents is 1. The van der Waals surface area contributed by atoms with Gasteiger partial charge < -0.3 is 10.2 Å². The van der Waals surface area contributed by atoms with Crippen molar-refractivity contribution in [3.05, 3.63) is 28.2 Å². The second kappa shape index (κ2) is 3.31. The highest BCUT2D eigenvalue weighted by Gasteiger charge is 2.31. The largest absolute Gasteiger partial charge is 0.508 e. The number of halogens is 1. The van der Waals surface area contributed by atoms with E-state index in [0.29, 0.717) is 5.92 Å². The van der Waals surface area contributed by atoms with Crippen molar-refractivity contribution >= 4 is 15.9 Å². The lowest BCUT2D eigenvalue weighted by atomic mass is 10.1. The van der Waals surface area contributed by atoms with Gasteiger partial charge in [-0.05, 0) is 42.5 Å². The number of aliphatic hydroxyl groups is 1. The lowest BCUT2D eigenvalue weighted by molar-refractivity contribution is 0.153. The maximum absolute atomic E-state index is 9.82. The van der Waals surface area contributed by atoms with Gasteiger partial charge in [0, 0.05) is 4.47 Å². The highest BCUT2D eigenvalue weighted by atomic mass is 79.9. The standard InChI is InChI=1S/C10H11BrO2/c11-9-4-3-7(12)5-8(9)10(13)6-1-2-6/h3-6,10,12-13H,1-2H2. The molecule has 0 aliphatic heterocycles. The maximum atomic E-state index is 9.82. The van der Waals surface area contributed by atoms with Crippen LogP contribution in [0.15, 0.2) is 22.7 Å². The van der Waals surface area contributed by atoms with Crippen LogP contribution in [-0.2, 0) is 0 Å². The first-order valence-electron chi connectivity index (χ1n) is 4.35. The van der Waals surface area contributed by atoms with Crippen LogP contribution in [0.5, 0.6) is 5.75 Å². The monoisotopic (exact) mass is 242 g/mol. The first kappa shape index (κ1) is 9.03. The minimum absolute atomic E-state index is 0.206. The molecule has 0 bridgehead atoms. The zero-order valence-electron chi connectivity index (χ0n) is 7.07. The Labute approximate surface area is 85.3 Å². The second-order valence-electron chi connectivity index (χ2n) is 3.49. The molecule has 3 heteroatoms. The molecule has 1 unspecified atom stereocenters. The van der Waals surface area contributed by atoms with E-state index in [1.54, 1.807) is 18.2 Å². The summed E-state index contributed by atoms with van der Waals surface area (Å²) in [6.45, 7) is 0. The molecule has 1 aliphatic rings. The third-order valence-corrected chi connectivity index (χ3v) is 3.09. The molecule has 2 N–H and O–H groups in total. The zero-order chi connectivity index (χ0) is 9.42. The minimum atomic E-state index is -0.429. The molecule has 1 fully saturated rings. The predicted molar refractivity (Wildman–Crippen MR) is 53.5 cm³/mol. The van der Waals surface area contributed by atoms with Crippen molar-refractivity contribution in [2.75, 3.05) is 0 Å². The molecule has 1 aromatic carbocycles. The van der Waals surface area contributed by atoms with Crippen molar-refractivity contribution in [2.24, 2.45) is 5.92 Å². The normalized spacial score (nSPS) is 18.6. The van der Waals surface area contributed by atoms with E-state index < -0.39 is 6.10 Å². The molecule has 0 radical (unpaired) electrons. The van der Waals surface area contributed by atoms with Crippen molar-refractivity contribution in [1.82, 2.24) is 0 Å². The quantitative estimate of drug-likeness (QED) is 0.838. The first-order chi connectivity index (χ1) is 6.18. The van der Waals surface area contributed by atoms with E-state index in [9.17, 15) is 10.2 Å². The van der Waals surface area contributed by atoms with Gasteiger partial charge in [-0.1, -0.05) is 15.9 Å². The number of rotatable bonds is 2. The van der Waals surface area contributed by atoms with Gasteiger partial charge in [-0.25, -0.2) is 0 Å². The van der Waals surface area contributed by atoms with Gasteiger partial charge in [0.15, 0.2) is 0 Å². The number of aliphatic hydroxyl groups excluding tert-OH is 1. The summed E-state index contributed by atoms with van der Waals surface area (Å²) in [5.41, 5.74) is 0.794. The van der Waals surface area contributed by atoms with Gasteiger partial charge in [0.1, 0.15) is 5.75 Å². The molecule has 0 spiro atoms. The molecule has 70 valence electrons. The zero-order valence-corrected chi connectivity index (χ0v) is 8.66. The highest BCUT2D eigenvalue weighted by molar-refractivity contribution is 9.10. The lowest BCUT2D eigenvalue weighted by Crippen LogP contribution is -2.00. The number of hydrogen-bond acceptors (Lipinski definition) is 2. The maximum Gasteiger partial charge on any atom is 0.116 e. The molecule has 0 saturated heterocycles. The van der Waals surface area contributed by atoms with Crippen molar-refractivity contribution in [1.29, 1.82) is 0 Å². The Morgan fingerprint density at radius 2 is 2.08 bits per heavy atom. The van der Waals surface area contributed by atoms with Crippen molar-refractivity contribution < 1.29 is 10.2 Å². The van der Waals surface area contributed by atoms with Gasteiger partial charge in [-0.2, -0.15) is 0 Å². The summed E-state index contributed by atoms with van der Waals surface area (Å²) in [6.07, 6.45) is 1.74. The smallest absolute Gasteiger partial charge is 0.116 e. The molecule has 1 saturated carbocycles. The molecule has 2 rings (SSSR count). The fourth-order valence-electron chi connectivity index (χ4n) is 1.42. The Bertz CT molecular complexity index is 321. The average molecular weight is 243 g/mol. The van der Waals surface area contributed by atoms with Crippen LogP contribution in [0.3, 0.4) is 0 Å². The third kappa shape index (κ3) is 1.86. The summed E-state index contributed by atoms with van der Waals surface area (Å²) in [5.74, 6) is 0.594. The number of phenols is 1. The number of aromatic hydroxyl groups is 1. The Kier molecular flexibility index (Phi) is 2.30. The van der Waals surface area contributed by atoms with E-state index >= 15 is 0 Å². The van der Waals surface area contributed by atoms with Crippen molar-refractivity contribution in [3.8, 4) is 5.75 Å². The Balaban J connectivity index is 2.31. The van der Waals surface area contributed by atoms with Gasteiger partial charge in [0.25, 0.3) is 0 Å². The molecule has 1 atom stereocenters. The summed E-state index contributed by atoms with van der Waals surface area (Å²) < 4.78 is 0.865. The summed E-state index contributed by atoms with van der Waals surface area (Å²) in [7, 11) is 0. The van der Waals surface area contributed by atoms with Crippen molar-refractivity contribution in [3.63, 3.8) is 0 Å². The lowest BCUT2D eigenvalue weighted by Gasteiger charge is -2.11. The Morgan fingerprint density at radius 1 is 1.38 bits per heavy atom.